The molecule has 0 bridgehead atoms. The van der Waals surface area contributed by atoms with Crippen molar-refractivity contribution in [3.05, 3.63) is 30.3 Å². The van der Waals surface area contributed by atoms with Crippen molar-refractivity contribution in [3.8, 4) is 0 Å². The second-order valence-corrected chi connectivity index (χ2v) is 6.51. The Morgan fingerprint density at radius 1 is 1.35 bits per heavy atom. The number of carbonyl (C=O) groups excluding carboxylic acids is 2. The molecule has 3 rings (SSSR count). The molecule has 0 radical (unpaired) electrons. The second kappa shape index (κ2) is 6.78. The summed E-state index contributed by atoms with van der Waals surface area (Å²) < 4.78 is 31.6. The van der Waals surface area contributed by atoms with Crippen molar-refractivity contribution in [2.45, 2.75) is 18.5 Å². The van der Waals surface area contributed by atoms with E-state index in [9.17, 15) is 18.0 Å². The van der Waals surface area contributed by atoms with Crippen molar-refractivity contribution < 1.29 is 53.5 Å². The van der Waals surface area contributed by atoms with E-state index in [0.29, 0.717) is 17.3 Å². The fourth-order valence-corrected chi connectivity index (χ4v) is 3.83. The van der Waals surface area contributed by atoms with Gasteiger partial charge in [0.05, 0.1) is 12.6 Å². The number of anilines is 1. The Labute approximate surface area is 157 Å². The Morgan fingerprint density at radius 3 is 2.61 bits per heavy atom. The van der Waals surface area contributed by atoms with E-state index >= 15 is 0 Å². The summed E-state index contributed by atoms with van der Waals surface area (Å²) in [5.41, 5.74) is 0.783. The minimum absolute atomic E-state index is 0. The monoisotopic (exact) mass is 349 g/mol. The molecule has 2 aliphatic heterocycles. The van der Waals surface area contributed by atoms with Gasteiger partial charge in [-0.15, -0.1) is 0 Å². The molecule has 0 saturated carbocycles. The number of nitrogens with one attached hydrogen (secondary N) is 1. The number of β-lactam (4-membered cyclic amide) rings is 1. The van der Waals surface area contributed by atoms with Gasteiger partial charge < -0.3 is 11.6 Å². The Kier molecular flexibility index (Phi) is 5.37. The summed E-state index contributed by atoms with van der Waals surface area (Å²) in [7, 11) is -4.54. The third kappa shape index (κ3) is 3.38. The van der Waals surface area contributed by atoms with Gasteiger partial charge >= 0.3 is 39.9 Å². The molecule has 0 aliphatic carbocycles. The van der Waals surface area contributed by atoms with Gasteiger partial charge in [-0.05, 0) is 18.6 Å². The van der Waals surface area contributed by atoms with Gasteiger partial charge in [-0.2, -0.15) is 8.42 Å². The molecule has 1 aromatic carbocycles. The maximum atomic E-state index is 12.2. The van der Waals surface area contributed by atoms with E-state index in [-0.39, 0.29) is 43.4 Å². The summed E-state index contributed by atoms with van der Waals surface area (Å²) in [5.74, 6) is -1.03. The van der Waals surface area contributed by atoms with Crippen LogP contribution in [0.4, 0.5) is 5.69 Å². The third-order valence-corrected chi connectivity index (χ3v) is 4.87. The number of likely N-dealkylation sites (tertiary alicyclic amines) is 1. The fourth-order valence-electron chi connectivity index (χ4n) is 2.93. The van der Waals surface area contributed by atoms with Crippen molar-refractivity contribution in [1.82, 2.24) is 9.21 Å². The zero-order chi connectivity index (χ0) is 15.9. The van der Waals surface area contributed by atoms with Crippen LogP contribution in [0.3, 0.4) is 0 Å². The van der Waals surface area contributed by atoms with Crippen molar-refractivity contribution >= 4 is 27.8 Å². The SMILES string of the molecule is O=C(CNc1ccccc1)N1CC[C@@H]2[C@H]1C(=O)N2S(=O)(=O)O.[H-].[Na+]. The van der Waals surface area contributed by atoms with E-state index in [4.69, 9.17) is 4.55 Å². The molecule has 2 atom stereocenters. The van der Waals surface area contributed by atoms with Crippen LogP contribution in [-0.2, 0) is 19.9 Å². The van der Waals surface area contributed by atoms with Crippen LogP contribution in [0.2, 0.25) is 0 Å². The second-order valence-electron chi connectivity index (χ2n) is 5.22. The van der Waals surface area contributed by atoms with Crippen LogP contribution < -0.4 is 34.9 Å². The van der Waals surface area contributed by atoms with Gasteiger partial charge in [0.2, 0.25) is 5.91 Å². The Hall–Kier alpha value is -1.13. The molecule has 23 heavy (non-hydrogen) atoms. The smallest absolute Gasteiger partial charge is 1.00 e. The van der Waals surface area contributed by atoms with Gasteiger partial charge in [0.15, 0.2) is 0 Å². The first-order valence-electron chi connectivity index (χ1n) is 6.78. The first kappa shape index (κ1) is 18.2. The molecule has 10 heteroatoms. The van der Waals surface area contributed by atoms with Crippen LogP contribution in [0.25, 0.3) is 0 Å². The number of amides is 2. The molecule has 2 heterocycles. The summed E-state index contributed by atoms with van der Waals surface area (Å²) in [6.45, 7) is 0.314. The molecule has 2 fully saturated rings. The van der Waals surface area contributed by atoms with Crippen LogP contribution in [0.15, 0.2) is 30.3 Å². The number of hydrogen-bond acceptors (Lipinski definition) is 5. The van der Waals surface area contributed by atoms with E-state index < -0.39 is 28.3 Å². The number of benzene rings is 1. The van der Waals surface area contributed by atoms with Gasteiger partial charge in [-0.25, -0.2) is 4.31 Å². The van der Waals surface area contributed by atoms with E-state index in [0.717, 1.165) is 5.69 Å². The van der Waals surface area contributed by atoms with Gasteiger partial charge in [0.1, 0.15) is 6.04 Å². The van der Waals surface area contributed by atoms with Crippen LogP contribution in [0, 0.1) is 0 Å². The number of fused-ring (bicyclic) bond motifs is 1. The number of hydrogen-bond donors (Lipinski definition) is 2. The Morgan fingerprint density at radius 2 is 2.00 bits per heavy atom. The van der Waals surface area contributed by atoms with E-state index in [1.807, 2.05) is 30.3 Å². The molecule has 2 saturated heterocycles. The van der Waals surface area contributed by atoms with Crippen molar-refractivity contribution in [3.63, 3.8) is 0 Å². The predicted octanol–water partition coefficient (Wildman–Crippen LogP) is -3.17. The van der Waals surface area contributed by atoms with E-state index in [1.54, 1.807) is 0 Å². The molecule has 120 valence electrons. The number of nitrogens with zero attached hydrogens (tertiary/aromatic N) is 2. The summed E-state index contributed by atoms with van der Waals surface area (Å²) in [6.07, 6.45) is 0.341. The Bertz CT molecular complexity index is 718. The van der Waals surface area contributed by atoms with E-state index in [2.05, 4.69) is 5.32 Å². The molecule has 2 aliphatic rings. The predicted molar refractivity (Wildman–Crippen MR) is 78.3 cm³/mol. The summed E-state index contributed by atoms with van der Waals surface area (Å²) in [4.78, 5) is 25.4. The standard InChI is InChI=1S/C13H15N3O5S.Na.H/c17-11(8-14-9-4-2-1-3-5-9)15-7-6-10-12(15)13(18)16(10)22(19,20)21;;/h1-5,10,12,14H,6-8H2,(H,19,20,21);;/q;+1;-1/t10-,12+;;/m1../s1. The minimum atomic E-state index is -4.54. The summed E-state index contributed by atoms with van der Waals surface area (Å²) in [5, 5.41) is 2.95. The topological polar surface area (TPSA) is 107 Å². The van der Waals surface area contributed by atoms with Gasteiger partial charge in [-0.1, -0.05) is 18.2 Å². The molecule has 0 spiro atoms. The molecule has 1 aromatic rings. The van der Waals surface area contributed by atoms with Gasteiger partial charge in [-0.3, -0.25) is 14.1 Å². The molecule has 0 unspecified atom stereocenters. The van der Waals surface area contributed by atoms with Gasteiger partial charge in [0, 0.05) is 12.2 Å². The zero-order valence-corrected chi connectivity index (χ0v) is 15.4. The normalized spacial score (nSPS) is 22.9. The first-order valence-corrected chi connectivity index (χ1v) is 8.18. The molecule has 2 N–H and O–H groups in total. The van der Waals surface area contributed by atoms with E-state index in [1.165, 1.54) is 4.90 Å². The van der Waals surface area contributed by atoms with Gasteiger partial charge in [0.25, 0.3) is 5.91 Å². The average Bonchev–Trinajstić information content (AvgIpc) is 2.83. The molecular formula is C13H16N3NaO5S. The van der Waals surface area contributed by atoms with Crippen LogP contribution >= 0.6 is 0 Å². The maximum absolute atomic E-state index is 12.2. The zero-order valence-electron chi connectivity index (χ0n) is 13.5. The Balaban J connectivity index is 0.00000144. The van der Waals surface area contributed by atoms with Crippen LogP contribution in [-0.4, -0.2) is 59.2 Å². The third-order valence-electron chi connectivity index (χ3n) is 3.92. The molecule has 8 nitrogen and oxygen atoms in total. The fraction of sp³-hybridized carbons (Fsp3) is 0.385. The molecule has 2 amide bonds. The van der Waals surface area contributed by atoms with Crippen molar-refractivity contribution in [2.75, 3.05) is 18.4 Å². The average molecular weight is 349 g/mol. The summed E-state index contributed by atoms with van der Waals surface area (Å²) in [6, 6.07) is 7.71. The van der Waals surface area contributed by atoms with Crippen LogP contribution in [0.5, 0.6) is 0 Å². The number of rotatable bonds is 4. The largest absolute Gasteiger partial charge is 1.00 e. The van der Waals surface area contributed by atoms with Crippen molar-refractivity contribution in [2.24, 2.45) is 0 Å². The maximum Gasteiger partial charge on any atom is 1.00 e. The summed E-state index contributed by atoms with van der Waals surface area (Å²) >= 11 is 0. The van der Waals surface area contributed by atoms with Crippen molar-refractivity contribution in [1.29, 1.82) is 0 Å². The first-order chi connectivity index (χ1) is 10.4. The molecular weight excluding hydrogens is 333 g/mol. The number of para-hydroxylation sites is 1. The minimum Gasteiger partial charge on any atom is -1.00 e. The van der Waals surface area contributed by atoms with Crippen LogP contribution in [0.1, 0.15) is 7.85 Å². The number of carbonyl (C=O) groups is 2. The molecule has 0 aromatic heterocycles. The quantitative estimate of drug-likeness (QED) is 0.337.